The molecule has 14 heteroatoms. The quantitative estimate of drug-likeness (QED) is 0.342. The lowest BCUT2D eigenvalue weighted by molar-refractivity contribution is 0.112. The van der Waals surface area contributed by atoms with Crippen molar-refractivity contribution in [3.63, 3.8) is 0 Å². The van der Waals surface area contributed by atoms with Gasteiger partial charge in [-0.05, 0) is 36.8 Å². The molecule has 186 valence electrons. The second-order valence-electron chi connectivity index (χ2n) is 7.55. The summed E-state index contributed by atoms with van der Waals surface area (Å²) in [6, 6.07) is 6.39. The molecule has 2 aromatic carbocycles. The number of phenols is 1. The van der Waals surface area contributed by atoms with Crippen LogP contribution in [0.4, 0.5) is 8.78 Å². The van der Waals surface area contributed by atoms with Gasteiger partial charge in [-0.25, -0.2) is 13.6 Å². The van der Waals surface area contributed by atoms with E-state index in [1.807, 2.05) is 0 Å². The zero-order valence-corrected chi connectivity index (χ0v) is 19.2. The molecule has 0 spiro atoms. The van der Waals surface area contributed by atoms with Gasteiger partial charge in [0.05, 0.1) is 22.3 Å². The molecule has 4 N–H and O–H groups in total. The van der Waals surface area contributed by atoms with E-state index in [0.29, 0.717) is 24.3 Å². The molecule has 2 heterocycles. The Morgan fingerprint density at radius 3 is 2.57 bits per heavy atom. The van der Waals surface area contributed by atoms with Crippen LogP contribution in [0.5, 0.6) is 17.2 Å². The second kappa shape index (κ2) is 10.3. The Labute approximate surface area is 205 Å². The van der Waals surface area contributed by atoms with Gasteiger partial charge in [-0.1, -0.05) is 23.2 Å². The standard InChI is InChI=1S/C21H18Cl2F2N4O6/c22-13-5-10(29-21(33)27-20(32)16(28-29)18(24)25)6-14(23)17(13)35-11-1-2-15(30)12(7-11)19(31)26-9-3-4-34-8-9/h1-2,5-7,9,18-19,26,30-31H,3-4,8H2,(H,27,32,33)/t9-,19?/m0/s1. The molecule has 1 unspecified atom stereocenters. The van der Waals surface area contributed by atoms with Crippen LogP contribution in [0.25, 0.3) is 5.69 Å². The van der Waals surface area contributed by atoms with Gasteiger partial charge < -0.3 is 19.7 Å². The topological polar surface area (TPSA) is 139 Å². The van der Waals surface area contributed by atoms with Gasteiger partial charge in [0.2, 0.25) is 0 Å². The zero-order chi connectivity index (χ0) is 25.3. The van der Waals surface area contributed by atoms with E-state index < -0.39 is 29.6 Å². The number of aromatic amines is 1. The number of H-pyrrole nitrogens is 1. The number of ether oxygens (including phenoxy) is 2. The van der Waals surface area contributed by atoms with Crippen LogP contribution < -0.4 is 21.3 Å². The summed E-state index contributed by atoms with van der Waals surface area (Å²) in [5, 5.41) is 26.8. The molecule has 0 aliphatic carbocycles. The lowest BCUT2D eigenvalue weighted by atomic mass is 10.1. The number of nitrogens with one attached hydrogen (secondary N) is 2. The molecule has 1 saturated heterocycles. The fraction of sp³-hybridized carbons (Fsp3) is 0.286. The Morgan fingerprint density at radius 1 is 1.23 bits per heavy atom. The molecule has 10 nitrogen and oxygen atoms in total. The minimum atomic E-state index is -3.21. The number of benzene rings is 2. The molecule has 0 bridgehead atoms. The Balaban J connectivity index is 1.62. The average Bonchev–Trinajstić information content (AvgIpc) is 3.30. The fourth-order valence-corrected chi connectivity index (χ4v) is 3.96. The Bertz CT molecular complexity index is 1340. The summed E-state index contributed by atoms with van der Waals surface area (Å²) in [7, 11) is 0. The lowest BCUT2D eigenvalue weighted by Crippen LogP contribution is -2.34. The van der Waals surface area contributed by atoms with Crippen molar-refractivity contribution in [1.82, 2.24) is 20.1 Å². The summed E-state index contributed by atoms with van der Waals surface area (Å²) in [6.07, 6.45) is -3.72. The van der Waals surface area contributed by atoms with Crippen molar-refractivity contribution in [3.05, 3.63) is 72.5 Å². The highest BCUT2D eigenvalue weighted by Gasteiger charge is 2.23. The van der Waals surface area contributed by atoms with E-state index in [4.69, 9.17) is 32.7 Å². The number of nitrogens with zero attached hydrogens (tertiary/aromatic N) is 2. The summed E-state index contributed by atoms with van der Waals surface area (Å²) < 4.78 is 37.6. The number of alkyl halides is 2. The maximum absolute atomic E-state index is 13.0. The van der Waals surface area contributed by atoms with Crippen molar-refractivity contribution in [2.45, 2.75) is 25.1 Å². The summed E-state index contributed by atoms with van der Waals surface area (Å²) in [5.74, 6) is -0.0636. The van der Waals surface area contributed by atoms with Gasteiger partial charge in [-0.2, -0.15) is 9.78 Å². The van der Waals surface area contributed by atoms with Crippen molar-refractivity contribution in [2.24, 2.45) is 0 Å². The van der Waals surface area contributed by atoms with E-state index in [0.717, 1.165) is 0 Å². The van der Waals surface area contributed by atoms with Crippen LogP contribution in [0, 0.1) is 0 Å². The van der Waals surface area contributed by atoms with Crippen molar-refractivity contribution < 1.29 is 28.5 Å². The lowest BCUT2D eigenvalue weighted by Gasteiger charge is -2.19. The van der Waals surface area contributed by atoms with E-state index in [9.17, 15) is 28.6 Å². The Morgan fingerprint density at radius 2 is 1.94 bits per heavy atom. The number of aromatic nitrogens is 3. The van der Waals surface area contributed by atoms with Gasteiger partial charge in [0.15, 0.2) is 11.4 Å². The van der Waals surface area contributed by atoms with Crippen molar-refractivity contribution in [2.75, 3.05) is 13.2 Å². The molecule has 1 fully saturated rings. The minimum Gasteiger partial charge on any atom is -0.508 e. The molecular weight excluding hydrogens is 513 g/mol. The number of rotatable bonds is 7. The summed E-state index contributed by atoms with van der Waals surface area (Å²) in [6.45, 7) is 0.994. The van der Waals surface area contributed by atoms with Gasteiger partial charge in [0.25, 0.3) is 12.0 Å². The predicted octanol–water partition coefficient (Wildman–Crippen LogP) is 3.03. The number of hydrogen-bond acceptors (Lipinski definition) is 8. The van der Waals surface area contributed by atoms with Crippen LogP contribution >= 0.6 is 23.2 Å². The van der Waals surface area contributed by atoms with Crippen LogP contribution in [0.1, 0.15) is 30.3 Å². The maximum atomic E-state index is 13.0. The third-order valence-corrected chi connectivity index (χ3v) is 5.69. The first-order valence-electron chi connectivity index (χ1n) is 10.2. The number of aliphatic hydroxyl groups is 1. The van der Waals surface area contributed by atoms with Gasteiger partial charge in [-0.15, -0.1) is 0 Å². The number of hydrogen-bond donors (Lipinski definition) is 4. The molecule has 1 aliphatic rings. The first-order valence-corrected chi connectivity index (χ1v) is 10.9. The van der Waals surface area contributed by atoms with Crippen LogP contribution in [-0.2, 0) is 4.74 Å². The largest absolute Gasteiger partial charge is 0.508 e. The smallest absolute Gasteiger partial charge is 0.349 e. The second-order valence-corrected chi connectivity index (χ2v) is 8.36. The number of aliphatic hydroxyl groups excluding tert-OH is 1. The van der Waals surface area contributed by atoms with E-state index in [1.165, 1.54) is 30.3 Å². The first kappa shape index (κ1) is 25.1. The molecule has 2 atom stereocenters. The summed E-state index contributed by atoms with van der Waals surface area (Å²) in [5.41, 5.74) is -3.48. The minimum absolute atomic E-state index is 0.0491. The normalized spacial score (nSPS) is 16.6. The van der Waals surface area contributed by atoms with Crippen LogP contribution in [0.3, 0.4) is 0 Å². The van der Waals surface area contributed by atoms with Crippen LogP contribution in [0.15, 0.2) is 39.9 Å². The van der Waals surface area contributed by atoms with Gasteiger partial charge >= 0.3 is 5.69 Å². The van der Waals surface area contributed by atoms with Gasteiger partial charge in [0.1, 0.15) is 17.7 Å². The van der Waals surface area contributed by atoms with Crippen molar-refractivity contribution >= 4 is 23.2 Å². The molecular formula is C21H18Cl2F2N4O6. The van der Waals surface area contributed by atoms with Gasteiger partial charge in [0, 0.05) is 18.2 Å². The number of aromatic hydroxyl groups is 1. The van der Waals surface area contributed by atoms with Crippen LogP contribution in [-0.4, -0.2) is 44.2 Å². The average molecular weight is 531 g/mol. The fourth-order valence-electron chi connectivity index (χ4n) is 3.41. The predicted molar refractivity (Wildman–Crippen MR) is 121 cm³/mol. The number of halogens is 4. The molecule has 1 aromatic heterocycles. The number of phenolic OH excluding ortho intramolecular Hbond substituents is 1. The molecule has 0 radical (unpaired) electrons. The highest BCUT2D eigenvalue weighted by Crippen LogP contribution is 2.39. The SMILES string of the molecule is O=c1[nH]c(=O)n(-c2cc(Cl)c(Oc3ccc(O)c(C(O)N[C@H]4CCOC4)c3)c(Cl)c2)nc1C(F)F. The van der Waals surface area contributed by atoms with E-state index >= 15 is 0 Å². The van der Waals surface area contributed by atoms with Crippen LogP contribution in [0.2, 0.25) is 10.0 Å². The Hall–Kier alpha value is -3.03. The molecule has 3 aromatic rings. The maximum Gasteiger partial charge on any atom is 0.349 e. The third-order valence-electron chi connectivity index (χ3n) is 5.12. The van der Waals surface area contributed by atoms with Crippen molar-refractivity contribution in [1.29, 1.82) is 0 Å². The van der Waals surface area contributed by atoms with Crippen molar-refractivity contribution in [3.8, 4) is 22.9 Å². The molecule has 0 amide bonds. The Kier molecular flexibility index (Phi) is 7.38. The molecule has 4 rings (SSSR count). The first-order chi connectivity index (χ1) is 16.6. The molecule has 35 heavy (non-hydrogen) atoms. The molecule has 1 aliphatic heterocycles. The van der Waals surface area contributed by atoms with E-state index in [2.05, 4.69) is 10.4 Å². The summed E-state index contributed by atoms with van der Waals surface area (Å²) in [4.78, 5) is 25.4. The van der Waals surface area contributed by atoms with E-state index in [-0.39, 0.29) is 44.6 Å². The highest BCUT2D eigenvalue weighted by atomic mass is 35.5. The molecule has 0 saturated carbocycles. The third kappa shape index (κ3) is 5.46. The van der Waals surface area contributed by atoms with Gasteiger partial charge in [-0.3, -0.25) is 15.1 Å². The summed E-state index contributed by atoms with van der Waals surface area (Å²) >= 11 is 12.5. The zero-order valence-electron chi connectivity index (χ0n) is 17.7. The van der Waals surface area contributed by atoms with E-state index in [1.54, 1.807) is 4.98 Å². The highest BCUT2D eigenvalue weighted by molar-refractivity contribution is 6.37. The monoisotopic (exact) mass is 530 g/mol.